The van der Waals surface area contributed by atoms with Crippen LogP contribution in [0.25, 0.3) is 0 Å². The Bertz CT molecular complexity index is 524. The second-order valence-electron chi connectivity index (χ2n) is 4.30. The van der Waals surface area contributed by atoms with Crippen molar-refractivity contribution in [2.45, 2.75) is 30.3 Å². The number of aliphatic hydroxyl groups is 1. The zero-order valence-electron chi connectivity index (χ0n) is 10.6. The summed E-state index contributed by atoms with van der Waals surface area (Å²) in [7, 11) is -3.19. The molecule has 0 saturated heterocycles. The van der Waals surface area contributed by atoms with Crippen LogP contribution in [-0.2, 0) is 25.9 Å². The van der Waals surface area contributed by atoms with Gasteiger partial charge < -0.3 is 9.94 Å². The number of benzene rings is 1. The van der Waals surface area contributed by atoms with Crippen LogP contribution in [0.1, 0.15) is 18.4 Å². The van der Waals surface area contributed by atoms with Crippen LogP contribution in [0.3, 0.4) is 0 Å². The highest BCUT2D eigenvalue weighted by atomic mass is 32.2. The SMILES string of the molecule is CS(=O)(=O)c1ccc(CCC(O)CC(=O)ON)cc1. The largest absolute Gasteiger partial charge is 0.393 e. The number of sulfone groups is 1. The maximum atomic E-state index is 11.3. The van der Waals surface area contributed by atoms with E-state index in [1.54, 1.807) is 12.1 Å². The summed E-state index contributed by atoms with van der Waals surface area (Å²) in [5, 5.41) is 9.54. The summed E-state index contributed by atoms with van der Waals surface area (Å²) >= 11 is 0. The molecule has 1 aromatic carbocycles. The highest BCUT2D eigenvalue weighted by Crippen LogP contribution is 2.13. The Kier molecular flexibility index (Phi) is 5.46. The molecule has 0 fully saturated rings. The number of hydrogen-bond acceptors (Lipinski definition) is 6. The predicted octanol–water partition coefficient (Wildman–Crippen LogP) is 0.191. The molecule has 0 spiro atoms. The summed E-state index contributed by atoms with van der Waals surface area (Å²) in [4.78, 5) is 15.0. The lowest BCUT2D eigenvalue weighted by Crippen LogP contribution is -2.18. The summed E-state index contributed by atoms with van der Waals surface area (Å²) in [5.41, 5.74) is 0.882. The van der Waals surface area contributed by atoms with E-state index in [4.69, 9.17) is 0 Å². The number of carbonyl (C=O) groups excluding carboxylic acids is 1. The maximum absolute atomic E-state index is 11.3. The smallest absolute Gasteiger partial charge is 0.327 e. The summed E-state index contributed by atoms with van der Waals surface area (Å²) in [5.74, 6) is 4.00. The van der Waals surface area contributed by atoms with E-state index in [1.165, 1.54) is 12.1 Å². The van der Waals surface area contributed by atoms with Gasteiger partial charge in [0.1, 0.15) is 0 Å². The molecular formula is C12H17NO5S. The van der Waals surface area contributed by atoms with Crippen molar-refractivity contribution >= 4 is 15.8 Å². The average molecular weight is 287 g/mol. The standard InChI is InChI=1S/C12H17NO5S/c1-19(16,17)11-6-3-9(4-7-11)2-5-10(14)8-12(15)18-13/h3-4,6-7,10,14H,2,5,8,13H2,1H3. The Morgan fingerprint density at radius 1 is 1.37 bits per heavy atom. The van der Waals surface area contributed by atoms with E-state index in [9.17, 15) is 18.3 Å². The van der Waals surface area contributed by atoms with Gasteiger partial charge in [-0.15, -0.1) is 0 Å². The summed E-state index contributed by atoms with van der Waals surface area (Å²) in [6.07, 6.45) is 1.06. The molecule has 0 aliphatic rings. The first-order chi connectivity index (χ1) is 8.82. The highest BCUT2D eigenvalue weighted by molar-refractivity contribution is 7.90. The fraction of sp³-hybridized carbons (Fsp3) is 0.417. The van der Waals surface area contributed by atoms with E-state index in [0.717, 1.165) is 11.8 Å². The first kappa shape index (κ1) is 15.6. The van der Waals surface area contributed by atoms with Crippen LogP contribution in [0.15, 0.2) is 29.2 Å². The van der Waals surface area contributed by atoms with Crippen LogP contribution >= 0.6 is 0 Å². The van der Waals surface area contributed by atoms with Crippen molar-refractivity contribution in [2.24, 2.45) is 5.90 Å². The number of carbonyl (C=O) groups is 1. The van der Waals surface area contributed by atoms with Gasteiger partial charge in [-0.1, -0.05) is 12.1 Å². The lowest BCUT2D eigenvalue weighted by molar-refractivity contribution is -0.146. The predicted molar refractivity (Wildman–Crippen MR) is 68.8 cm³/mol. The molecule has 1 atom stereocenters. The monoisotopic (exact) mass is 287 g/mol. The fourth-order valence-electron chi connectivity index (χ4n) is 1.58. The molecule has 0 bridgehead atoms. The zero-order chi connectivity index (χ0) is 14.5. The molecule has 0 aromatic heterocycles. The topological polar surface area (TPSA) is 107 Å². The quantitative estimate of drug-likeness (QED) is 0.723. The molecule has 1 rings (SSSR count). The Morgan fingerprint density at radius 2 is 1.95 bits per heavy atom. The van der Waals surface area contributed by atoms with Gasteiger partial charge in [0.2, 0.25) is 0 Å². The van der Waals surface area contributed by atoms with Gasteiger partial charge in [-0.25, -0.2) is 8.42 Å². The first-order valence-electron chi connectivity index (χ1n) is 5.69. The van der Waals surface area contributed by atoms with Crippen molar-refractivity contribution < 1.29 is 23.2 Å². The Labute approximate surface area is 112 Å². The third-order valence-corrected chi connectivity index (χ3v) is 3.78. The molecule has 7 heteroatoms. The summed E-state index contributed by atoms with van der Waals surface area (Å²) in [6.45, 7) is 0. The maximum Gasteiger partial charge on any atom is 0.327 e. The van der Waals surface area contributed by atoms with Crippen LogP contribution in [0.2, 0.25) is 0 Å². The van der Waals surface area contributed by atoms with Crippen LogP contribution in [0.5, 0.6) is 0 Å². The molecule has 106 valence electrons. The van der Waals surface area contributed by atoms with Gasteiger partial charge in [0, 0.05) is 6.26 Å². The normalized spacial score (nSPS) is 13.0. The van der Waals surface area contributed by atoms with Gasteiger partial charge in [-0.05, 0) is 30.5 Å². The second-order valence-corrected chi connectivity index (χ2v) is 6.32. The Hall–Kier alpha value is -1.44. The number of rotatable bonds is 6. The molecule has 19 heavy (non-hydrogen) atoms. The van der Waals surface area contributed by atoms with Crippen molar-refractivity contribution in [3.8, 4) is 0 Å². The summed E-state index contributed by atoms with van der Waals surface area (Å²) < 4.78 is 22.5. The zero-order valence-corrected chi connectivity index (χ0v) is 11.4. The fourth-order valence-corrected chi connectivity index (χ4v) is 2.21. The lowest BCUT2D eigenvalue weighted by Gasteiger charge is -2.09. The molecule has 6 nitrogen and oxygen atoms in total. The van der Waals surface area contributed by atoms with Crippen molar-refractivity contribution in [1.29, 1.82) is 0 Å². The van der Waals surface area contributed by atoms with Gasteiger partial charge >= 0.3 is 5.97 Å². The van der Waals surface area contributed by atoms with E-state index in [0.29, 0.717) is 12.8 Å². The molecule has 0 heterocycles. The molecule has 0 amide bonds. The number of hydrogen-bond donors (Lipinski definition) is 2. The Balaban J connectivity index is 2.53. The minimum Gasteiger partial charge on any atom is -0.393 e. The molecule has 0 aliphatic carbocycles. The number of aryl methyl sites for hydroxylation is 1. The van der Waals surface area contributed by atoms with Crippen molar-refractivity contribution in [3.63, 3.8) is 0 Å². The molecule has 0 aliphatic heterocycles. The first-order valence-corrected chi connectivity index (χ1v) is 7.58. The molecule has 1 unspecified atom stereocenters. The molecular weight excluding hydrogens is 270 g/mol. The van der Waals surface area contributed by atoms with Gasteiger partial charge in [0.25, 0.3) is 0 Å². The third-order valence-electron chi connectivity index (χ3n) is 2.65. The third kappa shape index (κ3) is 5.37. The molecule has 1 aromatic rings. The van der Waals surface area contributed by atoms with E-state index in [2.05, 4.69) is 10.7 Å². The van der Waals surface area contributed by atoms with Gasteiger partial charge in [0.15, 0.2) is 9.84 Å². The minimum absolute atomic E-state index is 0.155. The van der Waals surface area contributed by atoms with E-state index in [1.807, 2.05) is 0 Å². The van der Waals surface area contributed by atoms with Crippen LogP contribution in [0.4, 0.5) is 0 Å². The average Bonchev–Trinajstić information content (AvgIpc) is 2.35. The van der Waals surface area contributed by atoms with Gasteiger partial charge in [-0.2, -0.15) is 5.90 Å². The van der Waals surface area contributed by atoms with Crippen molar-refractivity contribution in [2.75, 3.05) is 6.26 Å². The molecule has 3 N–H and O–H groups in total. The van der Waals surface area contributed by atoms with E-state index >= 15 is 0 Å². The van der Waals surface area contributed by atoms with Crippen LogP contribution < -0.4 is 5.90 Å². The second kappa shape index (κ2) is 6.65. The highest BCUT2D eigenvalue weighted by Gasteiger charge is 2.12. The van der Waals surface area contributed by atoms with Gasteiger partial charge in [-0.3, -0.25) is 4.79 Å². The molecule has 0 saturated carbocycles. The molecule has 0 radical (unpaired) electrons. The summed E-state index contributed by atoms with van der Waals surface area (Å²) in [6, 6.07) is 6.41. The van der Waals surface area contributed by atoms with Crippen molar-refractivity contribution in [1.82, 2.24) is 0 Å². The lowest BCUT2D eigenvalue weighted by atomic mass is 10.1. The Morgan fingerprint density at radius 3 is 2.42 bits per heavy atom. The number of nitrogens with two attached hydrogens (primary N) is 1. The van der Waals surface area contributed by atoms with Crippen LogP contribution in [0, 0.1) is 0 Å². The van der Waals surface area contributed by atoms with E-state index in [-0.39, 0.29) is 11.3 Å². The number of aliphatic hydroxyl groups excluding tert-OH is 1. The van der Waals surface area contributed by atoms with E-state index < -0.39 is 21.9 Å². The van der Waals surface area contributed by atoms with Gasteiger partial charge in [0.05, 0.1) is 17.4 Å². The van der Waals surface area contributed by atoms with Crippen molar-refractivity contribution in [3.05, 3.63) is 29.8 Å². The minimum atomic E-state index is -3.19. The van der Waals surface area contributed by atoms with Crippen LogP contribution in [-0.4, -0.2) is 31.9 Å².